The molecule has 3 aliphatic heterocycles. The third kappa shape index (κ3) is 3.28. The number of benzene rings is 1. The van der Waals surface area contributed by atoms with Crippen molar-refractivity contribution in [2.45, 2.75) is 25.3 Å². The molecule has 1 amide bonds. The quantitative estimate of drug-likeness (QED) is 0.830. The molecular weight excluding hydrogens is 328 g/mol. The third-order valence-corrected chi connectivity index (χ3v) is 6.51. The fraction of sp³-hybridized carbons (Fsp3) is 0.650. The van der Waals surface area contributed by atoms with Crippen molar-refractivity contribution < 1.29 is 9.90 Å². The van der Waals surface area contributed by atoms with Gasteiger partial charge in [-0.3, -0.25) is 9.69 Å². The summed E-state index contributed by atoms with van der Waals surface area (Å²) in [5.41, 5.74) is 1.20. The number of nitrogens with one attached hydrogen (secondary N) is 1. The van der Waals surface area contributed by atoms with Crippen molar-refractivity contribution in [3.8, 4) is 5.75 Å². The minimum absolute atomic E-state index is 0.0322. The highest BCUT2D eigenvalue weighted by Gasteiger charge is 2.46. The second-order valence-corrected chi connectivity index (χ2v) is 8.19. The monoisotopic (exact) mass is 358 g/mol. The van der Waals surface area contributed by atoms with E-state index in [0.29, 0.717) is 17.1 Å². The number of hydrogen-bond acceptors (Lipinski definition) is 5. The van der Waals surface area contributed by atoms with Crippen molar-refractivity contribution in [1.29, 1.82) is 0 Å². The number of phenolic OH excluding ortho intramolecular Hbond substituents is 1. The summed E-state index contributed by atoms with van der Waals surface area (Å²) in [5, 5.41) is 13.5. The summed E-state index contributed by atoms with van der Waals surface area (Å²) < 4.78 is 0. The first-order valence-electron chi connectivity index (χ1n) is 9.81. The molecule has 0 radical (unpaired) electrons. The number of likely N-dealkylation sites (tertiary alicyclic amines) is 1. The molecule has 0 aliphatic carbocycles. The van der Waals surface area contributed by atoms with Gasteiger partial charge < -0.3 is 20.2 Å². The Morgan fingerprint density at radius 1 is 1.15 bits per heavy atom. The lowest BCUT2D eigenvalue weighted by atomic mass is 9.77. The molecule has 6 heteroatoms. The summed E-state index contributed by atoms with van der Waals surface area (Å²) in [6.07, 6.45) is 3.37. The lowest BCUT2D eigenvalue weighted by molar-refractivity contribution is -0.135. The van der Waals surface area contributed by atoms with E-state index in [0.717, 1.165) is 57.9 Å². The van der Waals surface area contributed by atoms with E-state index in [1.165, 1.54) is 12.8 Å². The van der Waals surface area contributed by atoms with Crippen LogP contribution >= 0.6 is 0 Å². The molecule has 4 rings (SSSR count). The van der Waals surface area contributed by atoms with Crippen LogP contribution in [0.1, 0.15) is 19.3 Å². The van der Waals surface area contributed by atoms with Gasteiger partial charge >= 0.3 is 0 Å². The van der Waals surface area contributed by atoms with Gasteiger partial charge in [-0.1, -0.05) is 12.1 Å². The highest BCUT2D eigenvalue weighted by Crippen LogP contribution is 2.41. The maximum Gasteiger partial charge on any atom is 0.240 e. The lowest BCUT2D eigenvalue weighted by Crippen LogP contribution is -2.53. The maximum atomic E-state index is 13.1. The SMILES string of the molecule is CN1CC2(CCNCC2)C[C@H]1C(=O)N1CCN(c2ccccc2O)CC1. The first-order valence-corrected chi connectivity index (χ1v) is 9.81. The highest BCUT2D eigenvalue weighted by molar-refractivity contribution is 5.82. The summed E-state index contributed by atoms with van der Waals surface area (Å²) in [6, 6.07) is 7.48. The summed E-state index contributed by atoms with van der Waals surface area (Å²) in [7, 11) is 2.11. The van der Waals surface area contributed by atoms with E-state index in [1.807, 2.05) is 23.1 Å². The molecule has 3 saturated heterocycles. The van der Waals surface area contributed by atoms with Crippen LogP contribution in [0.2, 0.25) is 0 Å². The Kier molecular flexibility index (Phi) is 4.80. The van der Waals surface area contributed by atoms with E-state index in [4.69, 9.17) is 0 Å². The number of rotatable bonds is 2. The van der Waals surface area contributed by atoms with E-state index in [9.17, 15) is 9.90 Å². The van der Waals surface area contributed by atoms with Crippen LogP contribution in [0.25, 0.3) is 0 Å². The zero-order chi connectivity index (χ0) is 18.1. The van der Waals surface area contributed by atoms with Crippen molar-refractivity contribution >= 4 is 11.6 Å². The van der Waals surface area contributed by atoms with Crippen molar-refractivity contribution in [3.05, 3.63) is 24.3 Å². The molecule has 3 aliphatic rings. The van der Waals surface area contributed by atoms with Gasteiger partial charge in [-0.2, -0.15) is 0 Å². The van der Waals surface area contributed by atoms with Crippen LogP contribution in [0.5, 0.6) is 5.75 Å². The van der Waals surface area contributed by atoms with Crippen LogP contribution in [-0.2, 0) is 4.79 Å². The minimum atomic E-state index is 0.0322. The molecule has 1 atom stereocenters. The Balaban J connectivity index is 1.37. The van der Waals surface area contributed by atoms with Gasteiger partial charge in [0.25, 0.3) is 0 Å². The number of piperazine rings is 1. The van der Waals surface area contributed by atoms with Gasteiger partial charge in [0.05, 0.1) is 11.7 Å². The molecule has 142 valence electrons. The Labute approximate surface area is 155 Å². The van der Waals surface area contributed by atoms with Crippen molar-refractivity contribution in [2.24, 2.45) is 5.41 Å². The van der Waals surface area contributed by atoms with Crippen LogP contribution in [-0.4, -0.2) is 79.7 Å². The molecule has 0 unspecified atom stereocenters. The molecular formula is C20H30N4O2. The predicted molar refractivity (Wildman–Crippen MR) is 102 cm³/mol. The van der Waals surface area contributed by atoms with Gasteiger partial charge in [0.1, 0.15) is 5.75 Å². The summed E-state index contributed by atoms with van der Waals surface area (Å²) in [5.74, 6) is 0.607. The zero-order valence-electron chi connectivity index (χ0n) is 15.7. The molecule has 6 nitrogen and oxygen atoms in total. The van der Waals surface area contributed by atoms with E-state index in [-0.39, 0.29) is 6.04 Å². The van der Waals surface area contributed by atoms with Crippen LogP contribution in [0.4, 0.5) is 5.69 Å². The van der Waals surface area contributed by atoms with Crippen LogP contribution in [0.3, 0.4) is 0 Å². The van der Waals surface area contributed by atoms with Crippen molar-refractivity contribution in [1.82, 2.24) is 15.1 Å². The Bertz CT molecular complexity index is 651. The van der Waals surface area contributed by atoms with Gasteiger partial charge in [-0.25, -0.2) is 0 Å². The van der Waals surface area contributed by atoms with Crippen molar-refractivity contribution in [2.75, 3.05) is 57.8 Å². The molecule has 26 heavy (non-hydrogen) atoms. The van der Waals surface area contributed by atoms with Gasteiger partial charge in [-0.15, -0.1) is 0 Å². The fourth-order valence-corrected chi connectivity index (χ4v) is 4.98. The zero-order valence-corrected chi connectivity index (χ0v) is 15.7. The number of piperidine rings is 1. The molecule has 0 bridgehead atoms. The number of likely N-dealkylation sites (N-methyl/N-ethyl adjacent to an activating group) is 1. The van der Waals surface area contributed by atoms with Crippen LogP contribution < -0.4 is 10.2 Å². The first kappa shape index (κ1) is 17.6. The third-order valence-electron chi connectivity index (χ3n) is 6.51. The van der Waals surface area contributed by atoms with Gasteiger partial charge in [0.15, 0.2) is 0 Å². The lowest BCUT2D eigenvalue weighted by Gasteiger charge is -2.38. The topological polar surface area (TPSA) is 59.1 Å². The highest BCUT2D eigenvalue weighted by atomic mass is 16.3. The van der Waals surface area contributed by atoms with Gasteiger partial charge in [0, 0.05) is 32.7 Å². The number of carbonyl (C=O) groups is 1. The number of nitrogens with zero attached hydrogens (tertiary/aromatic N) is 3. The van der Waals surface area contributed by atoms with E-state index < -0.39 is 0 Å². The number of hydrogen-bond donors (Lipinski definition) is 2. The summed E-state index contributed by atoms with van der Waals surface area (Å²) in [4.78, 5) is 19.6. The Hall–Kier alpha value is -1.79. The van der Waals surface area contributed by atoms with Gasteiger partial charge in [0.2, 0.25) is 5.91 Å². The van der Waals surface area contributed by atoms with Crippen LogP contribution in [0, 0.1) is 5.41 Å². The second kappa shape index (κ2) is 7.08. The number of phenols is 1. The average molecular weight is 358 g/mol. The molecule has 2 N–H and O–H groups in total. The molecule has 3 heterocycles. The average Bonchev–Trinajstić information content (AvgIpc) is 2.98. The molecule has 1 spiro atoms. The standard InChI is InChI=1S/C20H30N4O2/c1-22-15-20(6-8-21-9-7-20)14-17(22)19(26)24-12-10-23(11-13-24)16-4-2-3-5-18(16)25/h2-5,17,21,25H,6-15H2,1H3/t17-/m0/s1. The van der Waals surface area contributed by atoms with Crippen molar-refractivity contribution in [3.63, 3.8) is 0 Å². The molecule has 0 saturated carbocycles. The van der Waals surface area contributed by atoms with Gasteiger partial charge in [-0.05, 0) is 56.9 Å². The summed E-state index contributed by atoms with van der Waals surface area (Å²) in [6.45, 7) is 6.20. The van der Waals surface area contributed by atoms with E-state index in [2.05, 4.69) is 22.2 Å². The fourth-order valence-electron chi connectivity index (χ4n) is 4.98. The maximum absolute atomic E-state index is 13.1. The normalized spacial score (nSPS) is 26.4. The number of aromatic hydroxyl groups is 1. The smallest absolute Gasteiger partial charge is 0.240 e. The largest absolute Gasteiger partial charge is 0.506 e. The molecule has 0 aromatic heterocycles. The number of amides is 1. The Morgan fingerprint density at radius 3 is 2.54 bits per heavy atom. The molecule has 3 fully saturated rings. The number of anilines is 1. The first-order chi connectivity index (χ1) is 12.6. The Morgan fingerprint density at radius 2 is 1.85 bits per heavy atom. The van der Waals surface area contributed by atoms with E-state index >= 15 is 0 Å². The summed E-state index contributed by atoms with van der Waals surface area (Å²) >= 11 is 0. The second-order valence-electron chi connectivity index (χ2n) is 8.19. The number of carbonyl (C=O) groups excluding carboxylic acids is 1. The minimum Gasteiger partial charge on any atom is -0.506 e. The van der Waals surface area contributed by atoms with E-state index in [1.54, 1.807) is 6.07 Å². The number of para-hydroxylation sites is 2. The molecule has 1 aromatic rings. The predicted octanol–water partition coefficient (Wildman–Crippen LogP) is 1.11. The van der Waals surface area contributed by atoms with Crippen LogP contribution in [0.15, 0.2) is 24.3 Å². The molecule has 1 aromatic carbocycles.